The minimum absolute atomic E-state index is 0.137. The van der Waals surface area contributed by atoms with Crippen molar-refractivity contribution < 1.29 is 4.79 Å². The third kappa shape index (κ3) is 4.24. The van der Waals surface area contributed by atoms with Crippen molar-refractivity contribution in [3.63, 3.8) is 0 Å². The van der Waals surface area contributed by atoms with Gasteiger partial charge in [-0.15, -0.1) is 0 Å². The summed E-state index contributed by atoms with van der Waals surface area (Å²) in [6, 6.07) is 21.4. The fourth-order valence-electron chi connectivity index (χ4n) is 4.79. The van der Waals surface area contributed by atoms with Crippen molar-refractivity contribution in [1.29, 1.82) is 0 Å². The normalized spacial score (nSPS) is 14.8. The molecule has 1 aliphatic heterocycles. The van der Waals surface area contributed by atoms with E-state index in [0.29, 0.717) is 25.3 Å². The smallest absolute Gasteiger partial charge is 0.252 e. The Kier molecular flexibility index (Phi) is 5.88. The van der Waals surface area contributed by atoms with Gasteiger partial charge in [0.2, 0.25) is 5.91 Å². The fraction of sp³-hybridized carbons (Fsp3) is 0.308. The molecular weight excluding hydrogens is 412 g/mol. The molecule has 0 bridgehead atoms. The van der Waals surface area contributed by atoms with Crippen LogP contribution in [0.2, 0.25) is 0 Å². The second-order valence-electron chi connectivity index (χ2n) is 8.55. The van der Waals surface area contributed by atoms with Gasteiger partial charge in [-0.2, -0.15) is 10.1 Å². The zero-order valence-electron chi connectivity index (χ0n) is 19.1. The van der Waals surface area contributed by atoms with E-state index >= 15 is 0 Å². The van der Waals surface area contributed by atoms with E-state index in [0.717, 1.165) is 30.0 Å². The van der Waals surface area contributed by atoms with E-state index in [9.17, 15) is 4.79 Å². The lowest BCUT2D eigenvalue weighted by molar-refractivity contribution is -0.132. The van der Waals surface area contributed by atoms with Crippen molar-refractivity contribution >= 4 is 11.7 Å². The van der Waals surface area contributed by atoms with Gasteiger partial charge in [-0.25, -0.2) is 9.50 Å². The number of rotatable bonds is 5. The largest absolute Gasteiger partial charge is 0.340 e. The van der Waals surface area contributed by atoms with Crippen LogP contribution < -0.4 is 0 Å². The van der Waals surface area contributed by atoms with Crippen molar-refractivity contribution in [2.75, 3.05) is 26.2 Å². The second kappa shape index (κ2) is 9.11. The first kappa shape index (κ1) is 21.3. The van der Waals surface area contributed by atoms with E-state index in [1.54, 1.807) is 4.52 Å². The predicted octanol–water partition coefficient (Wildman–Crippen LogP) is 3.22. The lowest BCUT2D eigenvalue weighted by Crippen LogP contribution is -2.50. The number of carbonyl (C=O) groups is 1. The Morgan fingerprint density at radius 3 is 2.12 bits per heavy atom. The molecule has 0 spiro atoms. The van der Waals surface area contributed by atoms with Crippen LogP contribution in [0, 0.1) is 13.8 Å². The maximum atomic E-state index is 13.2. The number of aryl methyl sites for hydroxylation is 2. The Hall–Kier alpha value is -3.58. The molecule has 1 aliphatic rings. The van der Waals surface area contributed by atoms with Crippen LogP contribution in [-0.2, 0) is 11.2 Å². The molecule has 0 unspecified atom stereocenters. The van der Waals surface area contributed by atoms with E-state index in [-0.39, 0.29) is 11.9 Å². The molecule has 0 radical (unpaired) electrons. The van der Waals surface area contributed by atoms with Gasteiger partial charge in [0.05, 0.1) is 12.5 Å². The van der Waals surface area contributed by atoms with E-state index in [1.165, 1.54) is 17.5 Å². The quantitative estimate of drug-likeness (QED) is 0.477. The van der Waals surface area contributed by atoms with Crippen LogP contribution in [0.3, 0.4) is 0 Å². The first-order chi connectivity index (χ1) is 16.1. The summed E-state index contributed by atoms with van der Waals surface area (Å²) in [5.74, 6) is 0.709. The number of carbonyl (C=O) groups excluding carboxylic acids is 1. The Morgan fingerprint density at radius 2 is 1.52 bits per heavy atom. The van der Waals surface area contributed by atoms with Gasteiger partial charge in [-0.05, 0) is 25.0 Å². The van der Waals surface area contributed by atoms with Crippen molar-refractivity contribution in [1.82, 2.24) is 29.4 Å². The van der Waals surface area contributed by atoms with Gasteiger partial charge < -0.3 is 4.90 Å². The summed E-state index contributed by atoms with van der Waals surface area (Å²) in [6.45, 7) is 7.00. The Labute approximate surface area is 193 Å². The number of benzene rings is 2. The van der Waals surface area contributed by atoms with Crippen LogP contribution in [0.5, 0.6) is 0 Å². The lowest BCUT2D eigenvalue weighted by atomic mass is 9.96. The summed E-state index contributed by atoms with van der Waals surface area (Å²) in [5.41, 5.74) is 5.26. The molecule has 1 fully saturated rings. The van der Waals surface area contributed by atoms with Crippen LogP contribution in [-0.4, -0.2) is 61.5 Å². The number of amides is 1. The standard InChI is InChI=1S/C26H28N6O/c1-19-23(20(2)32-26(29-19)27-18-28-32)17-24(33)30-13-15-31(16-14-30)25(21-9-5-3-6-10-21)22-11-7-4-8-12-22/h3-12,18,25H,13-17H2,1-2H3. The zero-order valence-corrected chi connectivity index (χ0v) is 19.1. The van der Waals surface area contributed by atoms with Crippen molar-refractivity contribution in [3.8, 4) is 0 Å². The Balaban J connectivity index is 1.31. The van der Waals surface area contributed by atoms with E-state index in [1.807, 2.05) is 18.7 Å². The predicted molar refractivity (Wildman–Crippen MR) is 127 cm³/mol. The molecule has 4 aromatic rings. The molecule has 7 heteroatoms. The molecule has 168 valence electrons. The zero-order chi connectivity index (χ0) is 22.8. The number of nitrogens with zero attached hydrogens (tertiary/aromatic N) is 6. The average molecular weight is 441 g/mol. The highest BCUT2D eigenvalue weighted by atomic mass is 16.2. The molecule has 33 heavy (non-hydrogen) atoms. The third-order valence-electron chi connectivity index (χ3n) is 6.58. The van der Waals surface area contributed by atoms with Crippen LogP contribution in [0.25, 0.3) is 5.78 Å². The van der Waals surface area contributed by atoms with Crippen molar-refractivity contribution in [2.24, 2.45) is 0 Å². The summed E-state index contributed by atoms with van der Waals surface area (Å²) in [7, 11) is 0. The third-order valence-corrected chi connectivity index (χ3v) is 6.58. The number of aromatic nitrogens is 4. The van der Waals surface area contributed by atoms with Gasteiger partial charge in [0.15, 0.2) is 0 Å². The summed E-state index contributed by atoms with van der Waals surface area (Å²) in [5, 5.41) is 4.24. The van der Waals surface area contributed by atoms with Crippen LogP contribution in [0.15, 0.2) is 67.0 Å². The van der Waals surface area contributed by atoms with Crippen LogP contribution >= 0.6 is 0 Å². The van der Waals surface area contributed by atoms with Crippen LogP contribution in [0.4, 0.5) is 0 Å². The summed E-state index contributed by atoms with van der Waals surface area (Å²) in [6.07, 6.45) is 1.83. The SMILES string of the molecule is Cc1nc2ncnn2c(C)c1CC(=O)N1CCN(C(c2ccccc2)c2ccccc2)CC1. The molecular formula is C26H28N6O. The van der Waals surface area contributed by atoms with Crippen molar-refractivity contribution in [2.45, 2.75) is 26.3 Å². The van der Waals surface area contributed by atoms with Crippen molar-refractivity contribution in [3.05, 3.63) is 95.1 Å². The lowest BCUT2D eigenvalue weighted by Gasteiger charge is -2.40. The number of piperazine rings is 1. The van der Waals surface area contributed by atoms with Crippen LogP contribution in [0.1, 0.15) is 34.1 Å². The second-order valence-corrected chi connectivity index (χ2v) is 8.55. The molecule has 0 saturated carbocycles. The molecule has 0 N–H and O–H groups in total. The van der Waals surface area contributed by atoms with Gasteiger partial charge in [0, 0.05) is 43.1 Å². The molecule has 0 aliphatic carbocycles. The summed E-state index contributed by atoms with van der Waals surface area (Å²) in [4.78, 5) is 26.3. The number of fused-ring (bicyclic) bond motifs is 1. The van der Waals surface area contributed by atoms with Gasteiger partial charge in [-0.3, -0.25) is 9.69 Å². The highest BCUT2D eigenvalue weighted by molar-refractivity contribution is 5.79. The van der Waals surface area contributed by atoms with Gasteiger partial charge >= 0.3 is 0 Å². The summed E-state index contributed by atoms with van der Waals surface area (Å²) < 4.78 is 1.71. The topological polar surface area (TPSA) is 66.6 Å². The molecule has 7 nitrogen and oxygen atoms in total. The molecule has 5 rings (SSSR count). The van der Waals surface area contributed by atoms with E-state index in [4.69, 9.17) is 0 Å². The minimum Gasteiger partial charge on any atom is -0.340 e. The molecule has 1 amide bonds. The molecule has 2 aromatic carbocycles. The Bertz CT molecular complexity index is 1210. The average Bonchev–Trinajstić information content (AvgIpc) is 3.32. The minimum atomic E-state index is 0.137. The highest BCUT2D eigenvalue weighted by Crippen LogP contribution is 2.29. The van der Waals surface area contributed by atoms with Gasteiger partial charge in [0.25, 0.3) is 5.78 Å². The fourth-order valence-corrected chi connectivity index (χ4v) is 4.79. The molecule has 1 saturated heterocycles. The maximum absolute atomic E-state index is 13.2. The maximum Gasteiger partial charge on any atom is 0.252 e. The highest BCUT2D eigenvalue weighted by Gasteiger charge is 2.28. The van der Waals surface area contributed by atoms with Gasteiger partial charge in [0.1, 0.15) is 6.33 Å². The van der Waals surface area contributed by atoms with Gasteiger partial charge in [-0.1, -0.05) is 60.7 Å². The van der Waals surface area contributed by atoms with E-state index < -0.39 is 0 Å². The monoisotopic (exact) mass is 440 g/mol. The molecule has 0 atom stereocenters. The first-order valence-electron chi connectivity index (χ1n) is 11.4. The number of hydrogen-bond acceptors (Lipinski definition) is 5. The van der Waals surface area contributed by atoms with E-state index in [2.05, 4.69) is 80.6 Å². The molecule has 2 aromatic heterocycles. The first-order valence-corrected chi connectivity index (χ1v) is 11.4. The Morgan fingerprint density at radius 1 is 0.909 bits per heavy atom. The summed E-state index contributed by atoms with van der Waals surface area (Å²) >= 11 is 0. The number of hydrogen-bond donors (Lipinski definition) is 0. The molecule has 3 heterocycles.